The Morgan fingerprint density at radius 1 is 1.11 bits per heavy atom. The molecular weight excluding hydrogens is 242 g/mol. The molecule has 5 nitrogen and oxygen atoms in total. The van der Waals surface area contributed by atoms with Gasteiger partial charge in [-0.15, -0.1) is 0 Å². The van der Waals surface area contributed by atoms with Gasteiger partial charge in [-0.3, -0.25) is 19.3 Å². The number of hydrogen-bond donors (Lipinski definition) is 1. The monoisotopic (exact) mass is 253 g/mol. The Kier molecular flexibility index (Phi) is 2.52. The van der Waals surface area contributed by atoms with Gasteiger partial charge >= 0.3 is 5.69 Å². The lowest BCUT2D eigenvalue weighted by atomic mass is 10.2. The summed E-state index contributed by atoms with van der Waals surface area (Å²) in [4.78, 5) is 30.4. The number of benzene rings is 1. The molecule has 0 spiro atoms. The molecule has 94 valence electrons. The van der Waals surface area contributed by atoms with Crippen molar-refractivity contribution in [3.63, 3.8) is 0 Å². The van der Waals surface area contributed by atoms with Crippen LogP contribution in [-0.2, 0) is 0 Å². The van der Waals surface area contributed by atoms with Crippen molar-refractivity contribution in [3.8, 4) is 5.69 Å². The van der Waals surface area contributed by atoms with Gasteiger partial charge in [-0.2, -0.15) is 0 Å². The molecule has 2 heterocycles. The van der Waals surface area contributed by atoms with E-state index in [-0.39, 0.29) is 5.56 Å². The summed E-state index contributed by atoms with van der Waals surface area (Å²) in [5.74, 6) is 0. The van der Waals surface area contributed by atoms with Crippen LogP contribution < -0.4 is 11.2 Å². The molecule has 0 aliphatic rings. The fraction of sp³-hybridized carbons (Fsp3) is 0.0714. The number of aryl methyl sites for hydroxylation is 1. The maximum Gasteiger partial charge on any atom is 0.333 e. The van der Waals surface area contributed by atoms with Gasteiger partial charge in [0.1, 0.15) is 0 Å². The maximum atomic E-state index is 12.1. The molecule has 0 saturated heterocycles. The molecule has 1 aromatic carbocycles. The summed E-state index contributed by atoms with van der Waals surface area (Å²) in [6, 6.07) is 10.6. The molecule has 2 aromatic heterocycles. The molecule has 0 aliphatic carbocycles. The summed E-state index contributed by atoms with van der Waals surface area (Å²) < 4.78 is 1.47. The minimum atomic E-state index is -0.459. The summed E-state index contributed by atoms with van der Waals surface area (Å²) >= 11 is 0. The third-order valence-electron chi connectivity index (χ3n) is 3.03. The zero-order chi connectivity index (χ0) is 13.4. The average Bonchev–Trinajstić information content (AvgIpc) is 2.41. The Bertz CT molecular complexity index is 877. The predicted octanol–water partition coefficient (Wildman–Crippen LogP) is 1.38. The Balaban J connectivity index is 2.52. The highest BCUT2D eigenvalue weighted by atomic mass is 16.2. The third-order valence-corrected chi connectivity index (χ3v) is 3.03. The molecule has 0 amide bonds. The van der Waals surface area contributed by atoms with Crippen LogP contribution in [-0.4, -0.2) is 14.5 Å². The molecule has 0 fully saturated rings. The fourth-order valence-corrected chi connectivity index (χ4v) is 2.14. The predicted molar refractivity (Wildman–Crippen MR) is 72.7 cm³/mol. The quantitative estimate of drug-likeness (QED) is 0.712. The van der Waals surface area contributed by atoms with Crippen molar-refractivity contribution in [2.24, 2.45) is 0 Å². The lowest BCUT2D eigenvalue weighted by Crippen LogP contribution is -2.29. The van der Waals surface area contributed by atoms with Crippen molar-refractivity contribution in [1.29, 1.82) is 0 Å². The van der Waals surface area contributed by atoms with E-state index in [9.17, 15) is 9.59 Å². The summed E-state index contributed by atoms with van der Waals surface area (Å²) in [5.41, 5.74) is 1.13. The van der Waals surface area contributed by atoms with Gasteiger partial charge in [-0.25, -0.2) is 4.79 Å². The number of para-hydroxylation sites is 1. The molecule has 3 aromatic rings. The SMILES string of the molecule is Cc1ncccc1-n1c(=O)[nH]c(=O)c2ccccc21. The second-order valence-electron chi connectivity index (χ2n) is 4.22. The van der Waals surface area contributed by atoms with E-state index in [1.807, 2.05) is 6.92 Å². The topological polar surface area (TPSA) is 67.8 Å². The first-order valence-electron chi connectivity index (χ1n) is 5.84. The van der Waals surface area contributed by atoms with Gasteiger partial charge in [0.2, 0.25) is 0 Å². The lowest BCUT2D eigenvalue weighted by molar-refractivity contribution is 0.922. The molecule has 0 unspecified atom stereocenters. The van der Waals surface area contributed by atoms with E-state index < -0.39 is 5.69 Å². The van der Waals surface area contributed by atoms with Crippen LogP contribution in [0.3, 0.4) is 0 Å². The zero-order valence-electron chi connectivity index (χ0n) is 10.3. The van der Waals surface area contributed by atoms with Crippen LogP contribution in [0, 0.1) is 6.92 Å². The van der Waals surface area contributed by atoms with Crippen LogP contribution in [0.1, 0.15) is 5.69 Å². The Hall–Kier alpha value is -2.69. The van der Waals surface area contributed by atoms with E-state index >= 15 is 0 Å². The second kappa shape index (κ2) is 4.20. The molecule has 3 rings (SSSR count). The molecule has 5 heteroatoms. The van der Waals surface area contributed by atoms with Crippen LogP contribution in [0.15, 0.2) is 52.2 Å². The normalized spacial score (nSPS) is 10.8. The van der Waals surface area contributed by atoms with Crippen molar-refractivity contribution in [2.75, 3.05) is 0 Å². The molecule has 0 aliphatic heterocycles. The highest BCUT2D eigenvalue weighted by Gasteiger charge is 2.10. The van der Waals surface area contributed by atoms with Crippen LogP contribution in [0.2, 0.25) is 0 Å². The summed E-state index contributed by atoms with van der Waals surface area (Å²) in [5, 5.41) is 0.477. The molecule has 19 heavy (non-hydrogen) atoms. The number of aromatic amines is 1. The highest BCUT2D eigenvalue weighted by Crippen LogP contribution is 2.14. The van der Waals surface area contributed by atoms with Gasteiger partial charge in [-0.1, -0.05) is 12.1 Å². The van der Waals surface area contributed by atoms with Crippen molar-refractivity contribution >= 4 is 10.9 Å². The highest BCUT2D eigenvalue weighted by molar-refractivity contribution is 5.79. The van der Waals surface area contributed by atoms with E-state index in [0.717, 1.165) is 5.69 Å². The molecule has 0 atom stereocenters. The first kappa shape index (κ1) is 11.4. The second-order valence-corrected chi connectivity index (χ2v) is 4.22. The number of nitrogens with zero attached hydrogens (tertiary/aromatic N) is 2. The molecule has 0 bridgehead atoms. The summed E-state index contributed by atoms with van der Waals surface area (Å²) in [7, 11) is 0. The number of fused-ring (bicyclic) bond motifs is 1. The first-order valence-corrected chi connectivity index (χ1v) is 5.84. The Morgan fingerprint density at radius 3 is 2.68 bits per heavy atom. The number of H-pyrrole nitrogens is 1. The van der Waals surface area contributed by atoms with Crippen LogP contribution in [0.5, 0.6) is 0 Å². The average molecular weight is 253 g/mol. The van der Waals surface area contributed by atoms with E-state index in [2.05, 4.69) is 9.97 Å². The number of nitrogens with one attached hydrogen (secondary N) is 1. The van der Waals surface area contributed by atoms with E-state index in [0.29, 0.717) is 16.6 Å². The Morgan fingerprint density at radius 2 is 1.89 bits per heavy atom. The van der Waals surface area contributed by atoms with Crippen LogP contribution in [0.25, 0.3) is 16.6 Å². The number of rotatable bonds is 1. The number of aromatic nitrogens is 3. The minimum Gasteiger partial charge on any atom is -0.273 e. The van der Waals surface area contributed by atoms with Crippen molar-refractivity contribution in [3.05, 3.63) is 69.1 Å². The van der Waals surface area contributed by atoms with Gasteiger partial charge in [0.25, 0.3) is 5.56 Å². The van der Waals surface area contributed by atoms with E-state index in [1.54, 1.807) is 42.6 Å². The summed E-state index contributed by atoms with van der Waals surface area (Å²) in [6.45, 7) is 1.82. The van der Waals surface area contributed by atoms with Crippen molar-refractivity contribution in [1.82, 2.24) is 14.5 Å². The molecule has 1 N–H and O–H groups in total. The van der Waals surface area contributed by atoms with Gasteiger partial charge in [0.05, 0.1) is 22.3 Å². The largest absolute Gasteiger partial charge is 0.333 e. The fourth-order valence-electron chi connectivity index (χ4n) is 2.14. The Labute approximate surface area is 108 Å². The lowest BCUT2D eigenvalue weighted by Gasteiger charge is -2.10. The standard InChI is InChI=1S/C14H11N3O2/c1-9-11(7-4-8-15-9)17-12-6-3-2-5-10(12)13(18)16-14(17)19/h2-8H,1H3,(H,16,18,19). The zero-order valence-corrected chi connectivity index (χ0v) is 10.3. The van der Waals surface area contributed by atoms with Gasteiger partial charge in [0.15, 0.2) is 0 Å². The van der Waals surface area contributed by atoms with Gasteiger partial charge in [0, 0.05) is 6.20 Å². The van der Waals surface area contributed by atoms with Crippen LogP contribution >= 0.6 is 0 Å². The molecular formula is C14H11N3O2. The minimum absolute atomic E-state index is 0.376. The van der Waals surface area contributed by atoms with E-state index in [1.165, 1.54) is 4.57 Å². The maximum absolute atomic E-state index is 12.1. The van der Waals surface area contributed by atoms with Gasteiger partial charge in [-0.05, 0) is 31.2 Å². The molecule has 0 saturated carbocycles. The number of pyridine rings is 1. The van der Waals surface area contributed by atoms with Crippen molar-refractivity contribution in [2.45, 2.75) is 6.92 Å². The van der Waals surface area contributed by atoms with Crippen LogP contribution in [0.4, 0.5) is 0 Å². The third kappa shape index (κ3) is 1.76. The van der Waals surface area contributed by atoms with E-state index in [4.69, 9.17) is 0 Å². The van der Waals surface area contributed by atoms with Crippen molar-refractivity contribution < 1.29 is 0 Å². The van der Waals surface area contributed by atoms with Gasteiger partial charge < -0.3 is 0 Å². The smallest absolute Gasteiger partial charge is 0.273 e. The molecule has 0 radical (unpaired) electrons. The number of hydrogen-bond acceptors (Lipinski definition) is 3. The first-order chi connectivity index (χ1) is 9.18. The summed E-state index contributed by atoms with van der Waals surface area (Å²) in [6.07, 6.45) is 1.66.